The van der Waals surface area contributed by atoms with Crippen LogP contribution in [0.25, 0.3) is 0 Å². The lowest BCUT2D eigenvalue weighted by Gasteiger charge is -2.13. The fourth-order valence-electron chi connectivity index (χ4n) is 3.36. The molecule has 2 aromatic heterocycles. The molecule has 2 N–H and O–H groups in total. The average Bonchev–Trinajstić information content (AvgIpc) is 2.91. The molecule has 37 heavy (non-hydrogen) atoms. The van der Waals surface area contributed by atoms with Crippen molar-refractivity contribution >= 4 is 23.3 Å². The molecule has 2 aromatic carbocycles. The Balaban J connectivity index is 1.68. The topological polar surface area (TPSA) is 149 Å². The predicted octanol–water partition coefficient (Wildman–Crippen LogP) is 1.85. The Labute approximate surface area is 214 Å². The monoisotopic (exact) mass is 523 g/mol. The third-order valence-corrected chi connectivity index (χ3v) is 5.49. The van der Waals surface area contributed by atoms with Gasteiger partial charge in [0.1, 0.15) is 5.75 Å². The standard InChI is InChI=1S/C24H22ClN7O5/c1-3-30-23(34)31(14-15-4-6-16(25)7-5-15)22(32(26)24(30)35)29-17-8-10-18(11-9-17)37-20-13-27-19(12-28-20)21(33)36-2/h4-13H,3,14,26H2,1-2H3. The fraction of sp³-hybridized carbons (Fsp3) is 0.167. The minimum atomic E-state index is -0.687. The number of rotatable bonds is 7. The van der Waals surface area contributed by atoms with Gasteiger partial charge in [-0.15, -0.1) is 0 Å². The smallest absolute Gasteiger partial charge is 0.358 e. The van der Waals surface area contributed by atoms with Crippen LogP contribution in [0.4, 0.5) is 5.69 Å². The van der Waals surface area contributed by atoms with Crippen molar-refractivity contribution in [2.45, 2.75) is 20.0 Å². The maximum absolute atomic E-state index is 13.1. The Bertz CT molecular complexity index is 1610. The fourth-order valence-corrected chi connectivity index (χ4v) is 3.48. The summed E-state index contributed by atoms with van der Waals surface area (Å²) in [4.78, 5) is 49.7. The quantitative estimate of drug-likeness (QED) is 0.285. The van der Waals surface area contributed by atoms with E-state index in [1.54, 1.807) is 55.5 Å². The maximum Gasteiger partial charge on any atom is 0.358 e. The van der Waals surface area contributed by atoms with Gasteiger partial charge in [-0.2, -0.15) is 4.68 Å². The number of nitrogens with zero attached hydrogens (tertiary/aromatic N) is 6. The van der Waals surface area contributed by atoms with Gasteiger partial charge < -0.3 is 15.3 Å². The Morgan fingerprint density at radius 1 is 1.00 bits per heavy atom. The summed E-state index contributed by atoms with van der Waals surface area (Å²) in [5.74, 6) is 6.04. The molecule has 4 aromatic rings. The first-order valence-electron chi connectivity index (χ1n) is 11.0. The number of carbonyl (C=O) groups excluding carboxylic acids is 1. The minimum Gasteiger partial charge on any atom is -0.464 e. The van der Waals surface area contributed by atoms with Crippen LogP contribution in [0.15, 0.2) is 75.5 Å². The van der Waals surface area contributed by atoms with Gasteiger partial charge in [0.2, 0.25) is 11.5 Å². The van der Waals surface area contributed by atoms with Gasteiger partial charge in [-0.1, -0.05) is 23.7 Å². The normalized spacial score (nSPS) is 11.4. The van der Waals surface area contributed by atoms with Gasteiger partial charge in [0.05, 0.1) is 31.7 Å². The number of esters is 1. The molecule has 0 aliphatic carbocycles. The highest BCUT2D eigenvalue weighted by Crippen LogP contribution is 2.22. The highest BCUT2D eigenvalue weighted by molar-refractivity contribution is 6.30. The summed E-state index contributed by atoms with van der Waals surface area (Å²) in [6, 6.07) is 13.4. The molecule has 2 heterocycles. The first-order chi connectivity index (χ1) is 17.8. The Morgan fingerprint density at radius 2 is 1.70 bits per heavy atom. The van der Waals surface area contributed by atoms with Gasteiger partial charge in [-0.25, -0.2) is 33.9 Å². The van der Waals surface area contributed by atoms with Crippen molar-refractivity contribution < 1.29 is 14.3 Å². The van der Waals surface area contributed by atoms with E-state index in [1.807, 2.05) is 0 Å². The van der Waals surface area contributed by atoms with Gasteiger partial charge in [-0.3, -0.25) is 4.57 Å². The number of hydrogen-bond donors (Lipinski definition) is 1. The van der Waals surface area contributed by atoms with Crippen LogP contribution in [-0.2, 0) is 17.8 Å². The second-order valence-corrected chi connectivity index (χ2v) is 8.07. The number of halogens is 1. The van der Waals surface area contributed by atoms with Crippen molar-refractivity contribution in [3.8, 4) is 11.6 Å². The molecule has 0 aliphatic rings. The summed E-state index contributed by atoms with van der Waals surface area (Å²) >= 11 is 5.97. The zero-order chi connectivity index (χ0) is 26.5. The number of methoxy groups -OCH3 is 1. The molecule has 12 nitrogen and oxygen atoms in total. The number of ether oxygens (including phenoxy) is 2. The van der Waals surface area contributed by atoms with Crippen LogP contribution >= 0.6 is 11.6 Å². The molecule has 0 amide bonds. The van der Waals surface area contributed by atoms with Gasteiger partial charge in [-0.05, 0) is 48.9 Å². The zero-order valence-corrected chi connectivity index (χ0v) is 20.6. The van der Waals surface area contributed by atoms with Crippen molar-refractivity contribution in [2.75, 3.05) is 13.0 Å². The molecule has 190 valence electrons. The highest BCUT2D eigenvalue weighted by Gasteiger charge is 2.13. The van der Waals surface area contributed by atoms with Crippen LogP contribution in [0, 0.1) is 0 Å². The van der Waals surface area contributed by atoms with Gasteiger partial charge in [0.15, 0.2) is 5.69 Å². The molecule has 4 rings (SSSR count). The largest absolute Gasteiger partial charge is 0.464 e. The van der Waals surface area contributed by atoms with Gasteiger partial charge in [0, 0.05) is 11.6 Å². The van der Waals surface area contributed by atoms with E-state index in [9.17, 15) is 14.4 Å². The van der Waals surface area contributed by atoms with E-state index in [0.29, 0.717) is 16.5 Å². The van der Waals surface area contributed by atoms with E-state index >= 15 is 0 Å². The zero-order valence-electron chi connectivity index (χ0n) is 19.9. The van der Waals surface area contributed by atoms with E-state index in [1.165, 1.54) is 24.1 Å². The van der Waals surface area contributed by atoms with Crippen molar-refractivity contribution in [3.05, 3.63) is 104 Å². The summed E-state index contributed by atoms with van der Waals surface area (Å²) in [6.07, 6.45) is 2.53. The lowest BCUT2D eigenvalue weighted by Crippen LogP contribution is -2.57. The van der Waals surface area contributed by atoms with E-state index in [0.717, 1.165) is 14.8 Å². The molecule has 0 spiro atoms. The summed E-state index contributed by atoms with van der Waals surface area (Å²) in [6.45, 7) is 1.94. The molecule has 0 atom stereocenters. The van der Waals surface area contributed by atoms with Crippen LogP contribution in [0.2, 0.25) is 5.02 Å². The molecule has 0 bridgehead atoms. The Hall–Kier alpha value is -4.71. The van der Waals surface area contributed by atoms with Crippen LogP contribution < -0.4 is 27.6 Å². The molecule has 0 saturated carbocycles. The molecule has 0 saturated heterocycles. The average molecular weight is 524 g/mol. The number of nitrogens with two attached hydrogens (primary N) is 1. The van der Waals surface area contributed by atoms with Crippen LogP contribution in [0.1, 0.15) is 23.0 Å². The van der Waals surface area contributed by atoms with E-state index in [4.69, 9.17) is 22.2 Å². The third-order valence-electron chi connectivity index (χ3n) is 5.24. The van der Waals surface area contributed by atoms with Gasteiger partial charge in [0.25, 0.3) is 0 Å². The molecule has 0 unspecified atom stereocenters. The number of hydrogen-bond acceptors (Lipinski definition) is 9. The SMILES string of the molecule is CCn1c(=O)n(N)c(=Nc2ccc(Oc3cnc(C(=O)OC)cn3)cc2)n(Cc2ccc(Cl)cc2)c1=O. The number of aromatic nitrogens is 5. The second-order valence-electron chi connectivity index (χ2n) is 7.63. The third kappa shape index (κ3) is 5.59. The van der Waals surface area contributed by atoms with Crippen LogP contribution in [0.5, 0.6) is 11.6 Å². The summed E-state index contributed by atoms with van der Waals surface area (Å²) in [5, 5.41) is 0.557. The summed E-state index contributed by atoms with van der Waals surface area (Å²) < 4.78 is 13.4. The van der Waals surface area contributed by atoms with Crippen LogP contribution in [-0.4, -0.2) is 36.9 Å². The van der Waals surface area contributed by atoms with Crippen molar-refractivity contribution in [2.24, 2.45) is 4.99 Å². The molecule has 0 fully saturated rings. The van der Waals surface area contributed by atoms with Crippen LogP contribution in [0.3, 0.4) is 0 Å². The van der Waals surface area contributed by atoms with E-state index in [2.05, 4.69) is 19.7 Å². The van der Waals surface area contributed by atoms with E-state index < -0.39 is 17.3 Å². The van der Waals surface area contributed by atoms with Crippen molar-refractivity contribution in [3.63, 3.8) is 0 Å². The lowest BCUT2D eigenvalue weighted by molar-refractivity contribution is 0.0593. The first-order valence-corrected chi connectivity index (χ1v) is 11.4. The molecular formula is C24H22ClN7O5. The predicted molar refractivity (Wildman–Crippen MR) is 134 cm³/mol. The first kappa shape index (κ1) is 25.4. The highest BCUT2D eigenvalue weighted by atomic mass is 35.5. The number of carbonyl (C=O) groups is 1. The maximum atomic E-state index is 13.1. The lowest BCUT2D eigenvalue weighted by atomic mass is 10.2. The number of benzene rings is 2. The molecular weight excluding hydrogens is 502 g/mol. The molecule has 0 radical (unpaired) electrons. The van der Waals surface area contributed by atoms with Crippen molar-refractivity contribution in [1.29, 1.82) is 0 Å². The second kappa shape index (κ2) is 10.9. The summed E-state index contributed by atoms with van der Waals surface area (Å²) in [7, 11) is 1.25. The van der Waals surface area contributed by atoms with Gasteiger partial charge >= 0.3 is 17.3 Å². The molecule has 0 aliphatic heterocycles. The minimum absolute atomic E-state index is 0.0346. The number of nitrogen functional groups attached to an aromatic ring is 1. The summed E-state index contributed by atoms with van der Waals surface area (Å²) in [5.41, 5.74) is -0.0328. The molecule has 13 heteroatoms. The van der Waals surface area contributed by atoms with Crippen molar-refractivity contribution in [1.82, 2.24) is 23.8 Å². The Kier molecular flexibility index (Phi) is 7.49. The Morgan fingerprint density at radius 3 is 2.30 bits per heavy atom. The van der Waals surface area contributed by atoms with E-state index in [-0.39, 0.29) is 30.3 Å².